The van der Waals surface area contributed by atoms with Crippen LogP contribution in [0.4, 0.5) is 0 Å². The van der Waals surface area contributed by atoms with Crippen molar-refractivity contribution in [2.45, 2.75) is 78.6 Å². The molecule has 0 spiro atoms. The molecular formula is C44H48O4Si. The molecule has 2 unspecified atom stereocenters. The summed E-state index contributed by atoms with van der Waals surface area (Å²) in [6, 6.07) is 18.4. The Morgan fingerprint density at radius 2 is 0.898 bits per heavy atom. The molecule has 0 aromatic heterocycles. The van der Waals surface area contributed by atoms with Gasteiger partial charge in [-0.3, -0.25) is 0 Å². The van der Waals surface area contributed by atoms with E-state index in [4.69, 9.17) is 18.9 Å². The fraction of sp³-hybridized carbons (Fsp3) is 0.364. The van der Waals surface area contributed by atoms with Gasteiger partial charge in [-0.2, -0.15) is 0 Å². The molecule has 0 saturated carbocycles. The minimum Gasteiger partial charge on any atom is -0.486 e. The van der Waals surface area contributed by atoms with Crippen molar-refractivity contribution in [2.24, 2.45) is 0 Å². The van der Waals surface area contributed by atoms with Gasteiger partial charge in [-0.15, -0.1) is 0 Å². The molecule has 0 fully saturated rings. The molecular weight excluding hydrogens is 621 g/mol. The molecule has 2 heterocycles. The Hall–Kier alpha value is -4.22. The Balaban J connectivity index is 1.34. The van der Waals surface area contributed by atoms with Gasteiger partial charge in [0.2, 0.25) is 0 Å². The maximum Gasteiger partial charge on any atom is 0.169 e. The molecule has 4 nitrogen and oxygen atoms in total. The second-order valence-corrected chi connectivity index (χ2v) is 19.9. The highest BCUT2D eigenvalue weighted by Gasteiger charge is 2.49. The third-order valence-corrected chi connectivity index (χ3v) is 15.5. The van der Waals surface area contributed by atoms with Gasteiger partial charge in [0.1, 0.15) is 26.4 Å². The van der Waals surface area contributed by atoms with E-state index in [0.29, 0.717) is 37.5 Å². The Morgan fingerprint density at radius 1 is 0.531 bits per heavy atom. The molecule has 0 N–H and O–H groups in total. The lowest BCUT2D eigenvalue weighted by Crippen LogP contribution is -2.43. The maximum atomic E-state index is 6.43. The van der Waals surface area contributed by atoms with Crippen LogP contribution in [-0.2, 0) is 0 Å². The van der Waals surface area contributed by atoms with Gasteiger partial charge in [0.15, 0.2) is 23.0 Å². The van der Waals surface area contributed by atoms with Gasteiger partial charge in [0.25, 0.3) is 0 Å². The van der Waals surface area contributed by atoms with E-state index in [-0.39, 0.29) is 0 Å². The highest BCUT2D eigenvalue weighted by Crippen LogP contribution is 2.60. The molecule has 2 atom stereocenters. The third-order valence-electron chi connectivity index (χ3n) is 11.2. The second kappa shape index (κ2) is 12.0. The summed E-state index contributed by atoms with van der Waals surface area (Å²) in [5, 5.41) is 0. The van der Waals surface area contributed by atoms with Crippen molar-refractivity contribution in [3.8, 4) is 45.3 Å². The van der Waals surface area contributed by atoms with Crippen LogP contribution in [0.25, 0.3) is 34.4 Å². The van der Waals surface area contributed by atoms with E-state index in [9.17, 15) is 0 Å². The third kappa shape index (κ3) is 5.15. The Kier molecular flexibility index (Phi) is 7.82. The number of aryl methyl sites for hydroxylation is 4. The van der Waals surface area contributed by atoms with E-state index in [1.165, 1.54) is 77.9 Å². The number of benzene rings is 4. The number of hydrogen-bond acceptors (Lipinski definition) is 4. The molecule has 5 heteroatoms. The number of ether oxygens (including phenoxy) is 4. The summed E-state index contributed by atoms with van der Waals surface area (Å²) in [5.74, 6) is 3.55. The minimum absolute atomic E-state index is 0.330. The summed E-state index contributed by atoms with van der Waals surface area (Å²) in [4.78, 5) is 0. The van der Waals surface area contributed by atoms with Crippen molar-refractivity contribution in [3.63, 3.8) is 0 Å². The Morgan fingerprint density at radius 3 is 1.27 bits per heavy atom. The van der Waals surface area contributed by atoms with Gasteiger partial charge < -0.3 is 18.9 Å². The lowest BCUT2D eigenvalue weighted by atomic mass is 9.92. The highest BCUT2D eigenvalue weighted by atomic mass is 28.3. The molecule has 0 radical (unpaired) electrons. The van der Waals surface area contributed by atoms with Crippen LogP contribution in [0.2, 0.25) is 13.1 Å². The van der Waals surface area contributed by atoms with Crippen LogP contribution in [0.3, 0.4) is 0 Å². The summed E-state index contributed by atoms with van der Waals surface area (Å²) in [6.07, 6.45) is 7.04. The van der Waals surface area contributed by atoms with Crippen LogP contribution in [0.5, 0.6) is 23.0 Å². The first-order valence-electron chi connectivity index (χ1n) is 18.1. The fourth-order valence-electron chi connectivity index (χ4n) is 9.51. The molecule has 4 aliphatic rings. The van der Waals surface area contributed by atoms with Crippen LogP contribution in [-0.4, -0.2) is 34.5 Å². The number of allylic oxidation sites excluding steroid dienone is 2. The summed E-state index contributed by atoms with van der Waals surface area (Å²) in [7, 11) is -2.22. The molecule has 2 aliphatic heterocycles. The predicted molar refractivity (Wildman–Crippen MR) is 204 cm³/mol. The number of fused-ring (bicyclic) bond motifs is 4. The highest BCUT2D eigenvalue weighted by molar-refractivity contribution is 6.81. The van der Waals surface area contributed by atoms with Crippen molar-refractivity contribution in [1.29, 1.82) is 0 Å². The number of hydrogen-bond donors (Lipinski definition) is 0. The quantitative estimate of drug-likeness (QED) is 0.192. The maximum absolute atomic E-state index is 6.43. The molecule has 0 bridgehead atoms. The predicted octanol–water partition coefficient (Wildman–Crippen LogP) is 11.1. The average Bonchev–Trinajstić information content (AvgIpc) is 3.63. The van der Waals surface area contributed by atoms with Gasteiger partial charge in [-0.25, -0.2) is 0 Å². The van der Waals surface area contributed by atoms with E-state index in [0.717, 1.165) is 35.8 Å². The Labute approximate surface area is 292 Å². The summed E-state index contributed by atoms with van der Waals surface area (Å²) >= 11 is 0. The van der Waals surface area contributed by atoms with Crippen LogP contribution >= 0.6 is 0 Å². The molecule has 0 amide bonds. The summed E-state index contributed by atoms with van der Waals surface area (Å²) in [6.45, 7) is 20.9. The zero-order chi connectivity index (χ0) is 34.2. The fourth-order valence-corrected chi connectivity index (χ4v) is 14.4. The van der Waals surface area contributed by atoms with Crippen molar-refractivity contribution >= 4 is 20.2 Å². The first-order chi connectivity index (χ1) is 23.6. The van der Waals surface area contributed by atoms with E-state index in [2.05, 4.69) is 115 Å². The van der Waals surface area contributed by atoms with Crippen molar-refractivity contribution in [1.82, 2.24) is 0 Å². The van der Waals surface area contributed by atoms with Gasteiger partial charge in [-0.05, 0) is 86.1 Å². The first kappa shape index (κ1) is 32.0. The first-order valence-corrected chi connectivity index (χ1v) is 21.3. The Bertz CT molecular complexity index is 1900. The van der Waals surface area contributed by atoms with Crippen LogP contribution in [0.15, 0.2) is 59.7 Å². The summed E-state index contributed by atoms with van der Waals surface area (Å²) < 4.78 is 25.7. The molecule has 0 saturated heterocycles. The van der Waals surface area contributed by atoms with Gasteiger partial charge >= 0.3 is 0 Å². The van der Waals surface area contributed by atoms with Crippen molar-refractivity contribution in [3.05, 3.63) is 104 Å². The SMILES string of the molecule is CCC1=Cc2c(cc3c(c2-c2cc(C)cc(C)c2)OCCO3)C1[Si](C)(C)C1C(CC)=Cc2c1cc1c(c2-c2cc(C)cc(C)c2)OCCO1. The zero-order valence-electron chi connectivity index (χ0n) is 30.3. The lowest BCUT2D eigenvalue weighted by molar-refractivity contribution is 0.172. The smallest absolute Gasteiger partial charge is 0.169 e. The van der Waals surface area contributed by atoms with Gasteiger partial charge in [0.05, 0.1) is 8.07 Å². The molecule has 4 aromatic carbocycles. The average molecular weight is 669 g/mol. The van der Waals surface area contributed by atoms with Crippen LogP contribution in [0.1, 0.15) is 82.3 Å². The zero-order valence-corrected chi connectivity index (χ0v) is 31.3. The van der Waals surface area contributed by atoms with Crippen molar-refractivity contribution < 1.29 is 18.9 Å². The molecule has 49 heavy (non-hydrogen) atoms. The monoisotopic (exact) mass is 668 g/mol. The topological polar surface area (TPSA) is 36.9 Å². The molecule has 252 valence electrons. The van der Waals surface area contributed by atoms with E-state index in [1.807, 2.05) is 0 Å². The second-order valence-electron chi connectivity index (χ2n) is 15.1. The lowest BCUT2D eigenvalue weighted by Gasteiger charge is -2.40. The van der Waals surface area contributed by atoms with E-state index >= 15 is 0 Å². The van der Waals surface area contributed by atoms with Crippen molar-refractivity contribution in [2.75, 3.05) is 26.4 Å². The largest absolute Gasteiger partial charge is 0.486 e. The molecule has 8 rings (SSSR count). The van der Waals surface area contributed by atoms with Gasteiger partial charge in [-0.1, -0.05) is 109 Å². The standard InChI is InChI=1S/C44H48O4Si/c1-9-29-21-33-35(23-37-41(47-13-11-45-37)39(33)31-17-25(3)15-26(4)18-31)43(29)49(7,8)44-30(10-2)22-34-36(44)24-38-42(48-14-12-46-38)40(34)32-19-27(5)16-28(6)20-32/h15-24,43-44H,9-14H2,1-8H3. The van der Waals surface area contributed by atoms with Crippen LogP contribution in [0, 0.1) is 27.7 Å². The molecule has 4 aromatic rings. The van der Waals surface area contributed by atoms with Crippen LogP contribution < -0.4 is 18.9 Å². The number of rotatable bonds is 6. The minimum atomic E-state index is -2.22. The van der Waals surface area contributed by atoms with E-state index in [1.54, 1.807) is 0 Å². The normalized spacial score (nSPS) is 18.9. The molecule has 2 aliphatic carbocycles. The summed E-state index contributed by atoms with van der Waals surface area (Å²) in [5.41, 5.74) is 19.0. The van der Waals surface area contributed by atoms with E-state index < -0.39 is 8.07 Å². The van der Waals surface area contributed by atoms with Gasteiger partial charge in [0, 0.05) is 22.2 Å².